The van der Waals surface area contributed by atoms with E-state index in [1.165, 1.54) is 0 Å². The van der Waals surface area contributed by atoms with Crippen LogP contribution in [0.15, 0.2) is 48.5 Å². The maximum absolute atomic E-state index is 12.2. The Hall–Kier alpha value is -2.73. The van der Waals surface area contributed by atoms with Crippen LogP contribution in [0.5, 0.6) is 0 Å². The molecule has 6 nitrogen and oxygen atoms in total. The first-order valence-corrected chi connectivity index (χ1v) is 7.39. The monoisotopic (exact) mass is 327 g/mol. The van der Waals surface area contributed by atoms with Gasteiger partial charge in [-0.25, -0.2) is 0 Å². The molecular formula is C16H14ClN5O. The molecule has 0 saturated carbocycles. The van der Waals surface area contributed by atoms with Crippen LogP contribution in [-0.2, 0) is 6.54 Å². The number of rotatable bonds is 4. The maximum atomic E-state index is 12.2. The molecule has 0 radical (unpaired) electrons. The Kier molecular flexibility index (Phi) is 4.34. The van der Waals surface area contributed by atoms with Crippen LogP contribution in [0.4, 0.5) is 0 Å². The first kappa shape index (κ1) is 15.2. The van der Waals surface area contributed by atoms with E-state index in [4.69, 9.17) is 11.6 Å². The summed E-state index contributed by atoms with van der Waals surface area (Å²) in [5, 5.41) is 14.8. The van der Waals surface area contributed by atoms with Crippen molar-refractivity contribution in [2.45, 2.75) is 13.5 Å². The van der Waals surface area contributed by atoms with Gasteiger partial charge in [-0.2, -0.15) is 4.68 Å². The van der Waals surface area contributed by atoms with Crippen molar-refractivity contribution in [3.8, 4) is 5.69 Å². The fraction of sp³-hybridized carbons (Fsp3) is 0.125. The summed E-state index contributed by atoms with van der Waals surface area (Å²) in [4.78, 5) is 12.2. The lowest BCUT2D eigenvalue weighted by Crippen LogP contribution is -2.22. The second kappa shape index (κ2) is 6.58. The average Bonchev–Trinajstić information content (AvgIpc) is 2.99. The number of carbonyl (C=O) groups excluding carboxylic acids is 1. The minimum absolute atomic E-state index is 0.148. The minimum Gasteiger partial charge on any atom is -0.348 e. The van der Waals surface area contributed by atoms with Crippen molar-refractivity contribution in [1.29, 1.82) is 0 Å². The Morgan fingerprint density at radius 1 is 1.22 bits per heavy atom. The molecule has 2 aromatic carbocycles. The number of halogens is 1. The number of aromatic nitrogens is 4. The fourth-order valence-corrected chi connectivity index (χ4v) is 2.37. The molecule has 1 heterocycles. The summed E-state index contributed by atoms with van der Waals surface area (Å²) in [5.41, 5.74) is 2.33. The summed E-state index contributed by atoms with van der Waals surface area (Å²) in [7, 11) is 0. The van der Waals surface area contributed by atoms with Gasteiger partial charge in [0.15, 0.2) is 5.82 Å². The normalized spacial score (nSPS) is 10.5. The van der Waals surface area contributed by atoms with E-state index in [0.717, 1.165) is 11.3 Å². The van der Waals surface area contributed by atoms with Crippen LogP contribution in [-0.4, -0.2) is 26.1 Å². The van der Waals surface area contributed by atoms with E-state index in [9.17, 15) is 4.79 Å². The molecule has 116 valence electrons. The summed E-state index contributed by atoms with van der Waals surface area (Å²) < 4.78 is 1.60. The van der Waals surface area contributed by atoms with Gasteiger partial charge >= 0.3 is 0 Å². The van der Waals surface area contributed by atoms with E-state index in [-0.39, 0.29) is 5.91 Å². The van der Waals surface area contributed by atoms with Gasteiger partial charge in [0.2, 0.25) is 0 Å². The van der Waals surface area contributed by atoms with E-state index in [0.29, 0.717) is 23.0 Å². The zero-order chi connectivity index (χ0) is 16.2. The predicted molar refractivity (Wildman–Crippen MR) is 86.5 cm³/mol. The number of carbonyl (C=O) groups is 1. The molecule has 1 aromatic heterocycles. The van der Waals surface area contributed by atoms with Gasteiger partial charge in [-0.3, -0.25) is 4.79 Å². The summed E-state index contributed by atoms with van der Waals surface area (Å²) in [6, 6.07) is 14.5. The fourth-order valence-electron chi connectivity index (χ4n) is 2.16. The number of hydrogen-bond donors (Lipinski definition) is 1. The molecule has 0 saturated heterocycles. The lowest BCUT2D eigenvalue weighted by molar-refractivity contribution is 0.0951. The van der Waals surface area contributed by atoms with E-state index in [2.05, 4.69) is 20.8 Å². The van der Waals surface area contributed by atoms with Crippen molar-refractivity contribution >= 4 is 17.5 Å². The highest BCUT2D eigenvalue weighted by Gasteiger charge is 2.08. The van der Waals surface area contributed by atoms with Gasteiger partial charge in [-0.05, 0) is 59.3 Å². The van der Waals surface area contributed by atoms with Crippen LogP contribution in [0.3, 0.4) is 0 Å². The van der Waals surface area contributed by atoms with Gasteiger partial charge in [-0.1, -0.05) is 23.7 Å². The molecule has 1 N–H and O–H groups in total. The third-order valence-corrected chi connectivity index (χ3v) is 3.58. The highest BCUT2D eigenvalue weighted by atomic mass is 35.5. The molecule has 3 rings (SSSR count). The van der Waals surface area contributed by atoms with E-state index in [1.54, 1.807) is 35.0 Å². The summed E-state index contributed by atoms with van der Waals surface area (Å²) >= 11 is 5.93. The molecule has 23 heavy (non-hydrogen) atoms. The first-order chi connectivity index (χ1) is 11.1. The van der Waals surface area contributed by atoms with Crippen LogP contribution in [0.1, 0.15) is 21.7 Å². The molecule has 0 aliphatic heterocycles. The largest absolute Gasteiger partial charge is 0.348 e. The average molecular weight is 328 g/mol. The Morgan fingerprint density at radius 3 is 2.65 bits per heavy atom. The third kappa shape index (κ3) is 3.54. The SMILES string of the molecule is Cc1nnnn1-c1ccc(C(=O)NCc2cccc(Cl)c2)cc1. The molecule has 7 heteroatoms. The second-order valence-corrected chi connectivity index (χ2v) is 5.43. The van der Waals surface area contributed by atoms with Crippen LogP contribution in [0, 0.1) is 6.92 Å². The molecule has 3 aromatic rings. The Labute approximate surface area is 138 Å². The van der Waals surface area contributed by atoms with Gasteiger partial charge in [-0.15, -0.1) is 5.10 Å². The van der Waals surface area contributed by atoms with Gasteiger partial charge in [0.05, 0.1) is 5.69 Å². The summed E-state index contributed by atoms with van der Waals surface area (Å²) in [6.45, 7) is 2.23. The minimum atomic E-state index is -0.148. The van der Waals surface area contributed by atoms with Crippen molar-refractivity contribution in [2.75, 3.05) is 0 Å². The molecule has 0 spiro atoms. The Balaban J connectivity index is 1.67. The van der Waals surface area contributed by atoms with Crippen molar-refractivity contribution in [3.05, 3.63) is 70.5 Å². The Bertz CT molecular complexity index is 828. The highest BCUT2D eigenvalue weighted by molar-refractivity contribution is 6.30. The molecule has 1 amide bonds. The van der Waals surface area contributed by atoms with E-state index >= 15 is 0 Å². The molecule has 0 fully saturated rings. The number of tetrazole rings is 1. The summed E-state index contributed by atoms with van der Waals surface area (Å²) in [5.74, 6) is 0.535. The number of benzene rings is 2. The van der Waals surface area contributed by atoms with E-state index < -0.39 is 0 Å². The highest BCUT2D eigenvalue weighted by Crippen LogP contribution is 2.12. The molecule has 0 aliphatic rings. The molecular weight excluding hydrogens is 314 g/mol. The second-order valence-electron chi connectivity index (χ2n) is 5.00. The lowest BCUT2D eigenvalue weighted by atomic mass is 10.1. The number of amides is 1. The number of nitrogens with one attached hydrogen (secondary N) is 1. The van der Waals surface area contributed by atoms with Gasteiger partial charge in [0.25, 0.3) is 5.91 Å². The first-order valence-electron chi connectivity index (χ1n) is 7.01. The van der Waals surface area contributed by atoms with Gasteiger partial charge in [0, 0.05) is 17.1 Å². The number of aryl methyl sites for hydroxylation is 1. The predicted octanol–water partition coefficient (Wildman–Crippen LogP) is 2.55. The molecule has 0 bridgehead atoms. The van der Waals surface area contributed by atoms with Crippen molar-refractivity contribution in [2.24, 2.45) is 0 Å². The quantitative estimate of drug-likeness (QED) is 0.799. The topological polar surface area (TPSA) is 72.7 Å². The smallest absolute Gasteiger partial charge is 0.251 e. The molecule has 0 aliphatic carbocycles. The van der Waals surface area contributed by atoms with Crippen LogP contribution in [0.2, 0.25) is 5.02 Å². The Morgan fingerprint density at radius 2 is 2.00 bits per heavy atom. The van der Waals surface area contributed by atoms with Crippen molar-refractivity contribution < 1.29 is 4.79 Å². The molecule has 0 atom stereocenters. The van der Waals surface area contributed by atoms with Crippen molar-refractivity contribution in [3.63, 3.8) is 0 Å². The van der Waals surface area contributed by atoms with Gasteiger partial charge in [0.1, 0.15) is 0 Å². The standard InChI is InChI=1S/C16H14ClN5O/c1-11-19-20-21-22(11)15-7-5-13(6-8-15)16(23)18-10-12-3-2-4-14(17)9-12/h2-9H,10H2,1H3,(H,18,23). The van der Waals surface area contributed by atoms with Crippen molar-refractivity contribution in [1.82, 2.24) is 25.5 Å². The van der Waals surface area contributed by atoms with Crippen LogP contribution < -0.4 is 5.32 Å². The van der Waals surface area contributed by atoms with E-state index in [1.807, 2.05) is 25.1 Å². The zero-order valence-electron chi connectivity index (χ0n) is 12.4. The van der Waals surface area contributed by atoms with Gasteiger partial charge < -0.3 is 5.32 Å². The zero-order valence-corrected chi connectivity index (χ0v) is 13.2. The lowest BCUT2D eigenvalue weighted by Gasteiger charge is -2.07. The van der Waals surface area contributed by atoms with Crippen LogP contribution in [0.25, 0.3) is 5.69 Å². The third-order valence-electron chi connectivity index (χ3n) is 3.34. The van der Waals surface area contributed by atoms with Crippen LogP contribution >= 0.6 is 11.6 Å². The number of nitrogens with zero attached hydrogens (tertiary/aromatic N) is 4. The molecule has 0 unspecified atom stereocenters. The maximum Gasteiger partial charge on any atom is 0.251 e. The number of hydrogen-bond acceptors (Lipinski definition) is 4. The summed E-state index contributed by atoms with van der Waals surface area (Å²) in [6.07, 6.45) is 0.